The van der Waals surface area contributed by atoms with Crippen LogP contribution in [0.4, 0.5) is 4.39 Å². The maximum Gasteiger partial charge on any atom is 0.134 e. The molecule has 0 radical (unpaired) electrons. The number of hydrogen-bond donors (Lipinski definition) is 0. The van der Waals surface area contributed by atoms with Crippen LogP contribution in [-0.2, 0) is 11.2 Å². The van der Waals surface area contributed by atoms with Crippen molar-refractivity contribution < 1.29 is 9.18 Å². The smallest absolute Gasteiger partial charge is 0.134 e. The second kappa shape index (κ2) is 3.48. The van der Waals surface area contributed by atoms with Gasteiger partial charge in [0.1, 0.15) is 11.6 Å². The van der Waals surface area contributed by atoms with E-state index in [1.807, 2.05) is 6.92 Å². The summed E-state index contributed by atoms with van der Waals surface area (Å²) in [7, 11) is 0. The molecule has 0 heterocycles. The molecule has 0 aliphatic carbocycles. The Labute approximate surface area is 71.2 Å². The van der Waals surface area contributed by atoms with Gasteiger partial charge in [0.2, 0.25) is 0 Å². The van der Waals surface area contributed by atoms with Crippen LogP contribution in [0.5, 0.6) is 0 Å². The van der Waals surface area contributed by atoms with Crippen molar-refractivity contribution in [1.82, 2.24) is 0 Å². The maximum atomic E-state index is 12.7. The summed E-state index contributed by atoms with van der Waals surface area (Å²) in [5.74, 6) is -0.222. The van der Waals surface area contributed by atoms with Gasteiger partial charge in [-0.2, -0.15) is 0 Å². The summed E-state index contributed by atoms with van der Waals surface area (Å²) in [4.78, 5) is 10.8. The average molecular weight is 166 g/mol. The van der Waals surface area contributed by atoms with E-state index in [2.05, 4.69) is 0 Å². The minimum absolute atomic E-state index is 0.0590. The Morgan fingerprint density at radius 2 is 2.17 bits per heavy atom. The first-order chi connectivity index (χ1) is 5.59. The van der Waals surface area contributed by atoms with Gasteiger partial charge in [0.05, 0.1) is 0 Å². The molecule has 0 N–H and O–H groups in total. The lowest BCUT2D eigenvalue weighted by Gasteiger charge is -2.02. The van der Waals surface area contributed by atoms with Crippen LogP contribution >= 0.6 is 0 Å². The van der Waals surface area contributed by atoms with Crippen LogP contribution in [0.1, 0.15) is 18.1 Å². The molecule has 0 aromatic heterocycles. The summed E-state index contributed by atoms with van der Waals surface area (Å²) in [6, 6.07) is 4.50. The molecule has 0 fully saturated rings. The number of halogens is 1. The number of Topliss-reactive ketones (excluding diaryl/α,β-unsaturated/α-hetero) is 1. The highest BCUT2D eigenvalue weighted by molar-refractivity contribution is 5.78. The third-order valence-electron chi connectivity index (χ3n) is 1.75. The van der Waals surface area contributed by atoms with Gasteiger partial charge in [-0.1, -0.05) is 6.07 Å². The zero-order valence-corrected chi connectivity index (χ0v) is 7.23. The summed E-state index contributed by atoms with van der Waals surface area (Å²) >= 11 is 0. The van der Waals surface area contributed by atoms with E-state index in [0.717, 1.165) is 11.1 Å². The Morgan fingerprint density at radius 1 is 1.50 bits per heavy atom. The fourth-order valence-corrected chi connectivity index (χ4v) is 1.10. The molecule has 0 spiro atoms. The van der Waals surface area contributed by atoms with Crippen LogP contribution in [-0.4, -0.2) is 5.78 Å². The van der Waals surface area contributed by atoms with Crippen LogP contribution in [0, 0.1) is 12.7 Å². The quantitative estimate of drug-likeness (QED) is 0.658. The Balaban J connectivity index is 2.97. The molecule has 0 aliphatic heterocycles. The molecule has 64 valence electrons. The maximum absolute atomic E-state index is 12.7. The highest BCUT2D eigenvalue weighted by atomic mass is 19.1. The summed E-state index contributed by atoms with van der Waals surface area (Å²) in [6.45, 7) is 3.38. The fraction of sp³-hybridized carbons (Fsp3) is 0.300. The summed E-state index contributed by atoms with van der Waals surface area (Å²) in [5, 5.41) is 0. The van der Waals surface area contributed by atoms with E-state index < -0.39 is 0 Å². The highest BCUT2D eigenvalue weighted by Gasteiger charge is 2.02. The summed E-state index contributed by atoms with van der Waals surface area (Å²) < 4.78 is 12.7. The molecule has 0 atom stereocenters. The molecule has 1 aromatic carbocycles. The fourth-order valence-electron chi connectivity index (χ4n) is 1.10. The van der Waals surface area contributed by atoms with Gasteiger partial charge in [-0.05, 0) is 37.1 Å². The Bertz CT molecular complexity index is 305. The average Bonchev–Trinajstić information content (AvgIpc) is 1.96. The van der Waals surface area contributed by atoms with Gasteiger partial charge in [-0.25, -0.2) is 4.39 Å². The third-order valence-corrected chi connectivity index (χ3v) is 1.75. The minimum Gasteiger partial charge on any atom is -0.300 e. The Hall–Kier alpha value is -1.18. The molecule has 0 aliphatic rings. The van der Waals surface area contributed by atoms with E-state index in [0.29, 0.717) is 6.42 Å². The molecule has 1 aromatic rings. The first kappa shape index (κ1) is 8.91. The summed E-state index contributed by atoms with van der Waals surface area (Å²) in [6.07, 6.45) is 0.323. The second-order valence-corrected chi connectivity index (χ2v) is 2.95. The van der Waals surface area contributed by atoms with Gasteiger partial charge < -0.3 is 0 Å². The highest BCUT2D eigenvalue weighted by Crippen LogP contribution is 2.10. The molecular formula is C10H11FO. The molecule has 0 unspecified atom stereocenters. The van der Waals surface area contributed by atoms with E-state index in [1.165, 1.54) is 19.1 Å². The minimum atomic E-state index is -0.281. The van der Waals surface area contributed by atoms with Crippen LogP contribution in [0.2, 0.25) is 0 Å². The first-order valence-electron chi connectivity index (χ1n) is 3.84. The standard InChI is InChI=1S/C10H11FO/c1-7-3-4-10(11)6-9(7)5-8(2)12/h3-4,6H,5H2,1-2H3. The van der Waals surface area contributed by atoms with Crippen molar-refractivity contribution in [2.24, 2.45) is 0 Å². The first-order valence-corrected chi connectivity index (χ1v) is 3.84. The number of hydrogen-bond acceptors (Lipinski definition) is 1. The molecule has 0 saturated heterocycles. The zero-order chi connectivity index (χ0) is 9.14. The molecule has 0 amide bonds. The molecule has 0 saturated carbocycles. The lowest BCUT2D eigenvalue weighted by Crippen LogP contribution is -1.99. The third kappa shape index (κ3) is 2.16. The van der Waals surface area contributed by atoms with E-state index in [4.69, 9.17) is 0 Å². The lowest BCUT2D eigenvalue weighted by atomic mass is 10.0. The molecule has 2 heteroatoms. The molecule has 0 bridgehead atoms. The van der Waals surface area contributed by atoms with E-state index in [1.54, 1.807) is 6.07 Å². The van der Waals surface area contributed by atoms with Gasteiger partial charge in [0.25, 0.3) is 0 Å². The number of aryl methyl sites for hydroxylation is 1. The van der Waals surface area contributed by atoms with Crippen molar-refractivity contribution in [2.45, 2.75) is 20.3 Å². The zero-order valence-electron chi connectivity index (χ0n) is 7.23. The largest absolute Gasteiger partial charge is 0.300 e. The van der Waals surface area contributed by atoms with Gasteiger partial charge in [0, 0.05) is 6.42 Å². The van der Waals surface area contributed by atoms with Crippen LogP contribution in [0.3, 0.4) is 0 Å². The second-order valence-electron chi connectivity index (χ2n) is 2.95. The Morgan fingerprint density at radius 3 is 2.75 bits per heavy atom. The monoisotopic (exact) mass is 166 g/mol. The number of ketones is 1. The van der Waals surface area contributed by atoms with Gasteiger partial charge in [-0.3, -0.25) is 4.79 Å². The normalized spacial score (nSPS) is 9.92. The van der Waals surface area contributed by atoms with Gasteiger partial charge >= 0.3 is 0 Å². The van der Waals surface area contributed by atoms with Crippen molar-refractivity contribution in [3.63, 3.8) is 0 Å². The van der Waals surface area contributed by atoms with Crippen molar-refractivity contribution in [2.75, 3.05) is 0 Å². The van der Waals surface area contributed by atoms with Gasteiger partial charge in [0.15, 0.2) is 0 Å². The van der Waals surface area contributed by atoms with Gasteiger partial charge in [-0.15, -0.1) is 0 Å². The predicted octanol–water partition coefficient (Wildman–Crippen LogP) is 2.27. The number of benzene rings is 1. The molecule has 1 rings (SSSR count). The van der Waals surface area contributed by atoms with Crippen molar-refractivity contribution in [3.8, 4) is 0 Å². The number of carbonyl (C=O) groups is 1. The number of carbonyl (C=O) groups excluding carboxylic acids is 1. The molecule has 12 heavy (non-hydrogen) atoms. The van der Waals surface area contributed by atoms with E-state index in [-0.39, 0.29) is 11.6 Å². The van der Waals surface area contributed by atoms with Crippen molar-refractivity contribution >= 4 is 5.78 Å². The van der Waals surface area contributed by atoms with Crippen LogP contribution in [0.15, 0.2) is 18.2 Å². The SMILES string of the molecule is CC(=O)Cc1cc(F)ccc1C. The van der Waals surface area contributed by atoms with E-state index >= 15 is 0 Å². The topological polar surface area (TPSA) is 17.1 Å². The Kier molecular flexibility index (Phi) is 2.58. The predicted molar refractivity (Wildman–Crippen MR) is 45.5 cm³/mol. The molecule has 1 nitrogen and oxygen atoms in total. The van der Waals surface area contributed by atoms with E-state index in [9.17, 15) is 9.18 Å². The van der Waals surface area contributed by atoms with Crippen molar-refractivity contribution in [1.29, 1.82) is 0 Å². The molecular weight excluding hydrogens is 155 g/mol. The summed E-state index contributed by atoms with van der Waals surface area (Å²) in [5.41, 5.74) is 1.74. The van der Waals surface area contributed by atoms with Crippen molar-refractivity contribution in [3.05, 3.63) is 35.1 Å². The lowest BCUT2D eigenvalue weighted by molar-refractivity contribution is -0.116. The number of rotatable bonds is 2. The van der Waals surface area contributed by atoms with Crippen LogP contribution < -0.4 is 0 Å². The van der Waals surface area contributed by atoms with Crippen LogP contribution in [0.25, 0.3) is 0 Å².